The number of anilines is 1. The lowest BCUT2D eigenvalue weighted by atomic mass is 10.3. The Labute approximate surface area is 139 Å². The molecule has 1 amide bonds. The Hall–Kier alpha value is -1.53. The maximum atomic E-state index is 11.9. The Bertz CT molecular complexity index is 647. The summed E-state index contributed by atoms with van der Waals surface area (Å²) in [5.74, 6) is 1.06. The van der Waals surface area contributed by atoms with Crippen LogP contribution in [0.5, 0.6) is 11.5 Å². The monoisotopic (exact) mass is 413 g/mol. The van der Waals surface area contributed by atoms with Crippen molar-refractivity contribution in [2.45, 2.75) is 0 Å². The molecule has 6 heteroatoms. The maximum Gasteiger partial charge on any atom is 0.262 e. The van der Waals surface area contributed by atoms with Gasteiger partial charge in [-0.1, -0.05) is 12.1 Å². The van der Waals surface area contributed by atoms with Gasteiger partial charge in [-0.2, -0.15) is 0 Å². The number of rotatable bonds is 5. The molecule has 0 aliphatic carbocycles. The molecule has 0 fully saturated rings. The van der Waals surface area contributed by atoms with Crippen molar-refractivity contribution in [3.63, 3.8) is 0 Å². The second kappa shape index (κ2) is 7.47. The van der Waals surface area contributed by atoms with E-state index < -0.39 is 0 Å². The number of hydrogen-bond acceptors (Lipinski definition) is 3. The van der Waals surface area contributed by atoms with Crippen LogP contribution in [0.2, 0.25) is 0 Å². The lowest BCUT2D eigenvalue weighted by Crippen LogP contribution is -2.20. The van der Waals surface area contributed by atoms with Crippen molar-refractivity contribution in [3.05, 3.63) is 51.4 Å². The molecule has 0 spiro atoms. The summed E-state index contributed by atoms with van der Waals surface area (Å²) in [7, 11) is 1.59. The average Bonchev–Trinajstić information content (AvgIpc) is 2.48. The van der Waals surface area contributed by atoms with Crippen LogP contribution in [-0.2, 0) is 4.79 Å². The zero-order chi connectivity index (χ0) is 15.2. The van der Waals surface area contributed by atoms with Crippen molar-refractivity contribution in [1.29, 1.82) is 0 Å². The molecule has 0 radical (unpaired) electrons. The minimum absolute atomic E-state index is 0.0771. The summed E-state index contributed by atoms with van der Waals surface area (Å²) in [4.78, 5) is 11.9. The molecule has 2 rings (SSSR count). The molecule has 0 saturated heterocycles. The molecule has 1 N–H and O–H groups in total. The van der Waals surface area contributed by atoms with Gasteiger partial charge in [-0.3, -0.25) is 4.79 Å². The van der Waals surface area contributed by atoms with Gasteiger partial charge in [0.2, 0.25) is 0 Å². The van der Waals surface area contributed by atoms with Gasteiger partial charge >= 0.3 is 0 Å². The third-order valence-electron chi connectivity index (χ3n) is 2.65. The molecular weight excluding hydrogens is 402 g/mol. The van der Waals surface area contributed by atoms with E-state index in [1.165, 1.54) is 0 Å². The predicted molar refractivity (Wildman–Crippen MR) is 89.0 cm³/mol. The number of carbonyl (C=O) groups excluding carboxylic acids is 1. The van der Waals surface area contributed by atoms with E-state index >= 15 is 0 Å². The second-order valence-corrected chi connectivity index (χ2v) is 5.82. The van der Waals surface area contributed by atoms with Gasteiger partial charge in [-0.25, -0.2) is 0 Å². The first-order chi connectivity index (χ1) is 10.1. The van der Waals surface area contributed by atoms with Gasteiger partial charge in [0.05, 0.1) is 17.3 Å². The van der Waals surface area contributed by atoms with E-state index in [1.54, 1.807) is 25.3 Å². The minimum Gasteiger partial charge on any atom is -0.497 e. The van der Waals surface area contributed by atoms with Crippen LogP contribution in [0.3, 0.4) is 0 Å². The second-order valence-electron chi connectivity index (χ2n) is 4.11. The number of nitrogens with one attached hydrogen (secondary N) is 1. The third kappa shape index (κ3) is 4.47. The Balaban J connectivity index is 1.94. The van der Waals surface area contributed by atoms with Crippen molar-refractivity contribution in [3.8, 4) is 11.5 Å². The average molecular weight is 415 g/mol. The van der Waals surface area contributed by atoms with E-state index in [1.807, 2.05) is 24.3 Å². The van der Waals surface area contributed by atoms with Crippen LogP contribution in [0.1, 0.15) is 0 Å². The molecule has 0 heterocycles. The van der Waals surface area contributed by atoms with E-state index in [2.05, 4.69) is 37.2 Å². The van der Waals surface area contributed by atoms with Crippen LogP contribution in [-0.4, -0.2) is 19.6 Å². The summed E-state index contributed by atoms with van der Waals surface area (Å²) in [6.45, 7) is -0.0771. The van der Waals surface area contributed by atoms with Crippen LogP contribution in [0, 0.1) is 0 Å². The lowest BCUT2D eigenvalue weighted by molar-refractivity contribution is -0.118. The van der Waals surface area contributed by atoms with E-state index in [0.717, 1.165) is 8.95 Å². The number of hydrogen-bond donors (Lipinski definition) is 1. The van der Waals surface area contributed by atoms with E-state index in [-0.39, 0.29) is 12.5 Å². The van der Waals surface area contributed by atoms with E-state index in [4.69, 9.17) is 9.47 Å². The topological polar surface area (TPSA) is 47.6 Å². The van der Waals surface area contributed by atoms with Crippen molar-refractivity contribution >= 4 is 43.5 Å². The van der Waals surface area contributed by atoms with E-state index in [9.17, 15) is 4.79 Å². The summed E-state index contributed by atoms with van der Waals surface area (Å²) in [6.07, 6.45) is 0. The number of carbonyl (C=O) groups is 1. The molecule has 0 bridgehead atoms. The first-order valence-electron chi connectivity index (χ1n) is 6.11. The van der Waals surface area contributed by atoms with Crippen LogP contribution in [0.15, 0.2) is 51.4 Å². The van der Waals surface area contributed by atoms with E-state index in [0.29, 0.717) is 17.2 Å². The number of ether oxygens (including phenoxy) is 2. The molecule has 0 unspecified atom stereocenters. The highest BCUT2D eigenvalue weighted by Gasteiger charge is 2.08. The molecule has 2 aromatic rings. The summed E-state index contributed by atoms with van der Waals surface area (Å²) < 4.78 is 12.1. The van der Waals surface area contributed by atoms with Gasteiger partial charge in [0.15, 0.2) is 6.61 Å². The fraction of sp³-hybridized carbons (Fsp3) is 0.133. The van der Waals surface area contributed by atoms with Gasteiger partial charge in [-0.05, 0) is 62.2 Å². The number of halogens is 2. The normalized spacial score (nSPS) is 10.0. The quantitative estimate of drug-likeness (QED) is 0.795. The molecule has 0 saturated carbocycles. The van der Waals surface area contributed by atoms with Gasteiger partial charge in [0.1, 0.15) is 11.5 Å². The van der Waals surface area contributed by atoms with Crippen LogP contribution in [0.25, 0.3) is 0 Å². The SMILES string of the molecule is COc1ccc(OCC(=O)Nc2ccccc2Br)c(Br)c1. The van der Waals surface area contributed by atoms with Gasteiger partial charge < -0.3 is 14.8 Å². The number of para-hydroxylation sites is 1. The molecule has 0 aromatic heterocycles. The van der Waals surface area contributed by atoms with Crippen molar-refractivity contribution in [2.24, 2.45) is 0 Å². The summed E-state index contributed by atoms with van der Waals surface area (Å²) in [5.41, 5.74) is 0.708. The van der Waals surface area contributed by atoms with Gasteiger partial charge in [-0.15, -0.1) is 0 Å². The Kier molecular flexibility index (Phi) is 5.64. The van der Waals surface area contributed by atoms with Crippen molar-refractivity contribution < 1.29 is 14.3 Å². The molecule has 0 atom stereocenters. The van der Waals surface area contributed by atoms with Crippen molar-refractivity contribution in [2.75, 3.05) is 19.0 Å². The molecule has 0 aliphatic rings. The predicted octanol–water partition coefficient (Wildman–Crippen LogP) is 4.24. The first-order valence-corrected chi connectivity index (χ1v) is 7.69. The molecule has 21 heavy (non-hydrogen) atoms. The molecule has 0 aliphatic heterocycles. The standard InChI is InChI=1S/C15H13Br2NO3/c1-20-10-6-7-14(12(17)8-10)21-9-15(19)18-13-5-3-2-4-11(13)16/h2-8H,9H2,1H3,(H,18,19). The number of amides is 1. The van der Waals surface area contributed by atoms with Crippen LogP contribution in [0.4, 0.5) is 5.69 Å². The zero-order valence-electron chi connectivity index (χ0n) is 11.2. The summed E-state index contributed by atoms with van der Waals surface area (Å²) in [5, 5.41) is 2.77. The lowest BCUT2D eigenvalue weighted by Gasteiger charge is -2.10. The Morgan fingerprint density at radius 1 is 1.14 bits per heavy atom. The number of methoxy groups -OCH3 is 1. The van der Waals surface area contributed by atoms with Crippen LogP contribution >= 0.6 is 31.9 Å². The minimum atomic E-state index is -0.232. The highest BCUT2D eigenvalue weighted by atomic mass is 79.9. The highest BCUT2D eigenvalue weighted by molar-refractivity contribution is 9.11. The number of benzene rings is 2. The fourth-order valence-electron chi connectivity index (χ4n) is 1.62. The van der Waals surface area contributed by atoms with Crippen molar-refractivity contribution in [1.82, 2.24) is 0 Å². The summed E-state index contributed by atoms with van der Waals surface area (Å²) >= 11 is 6.74. The molecule has 2 aromatic carbocycles. The smallest absolute Gasteiger partial charge is 0.262 e. The van der Waals surface area contributed by atoms with Crippen LogP contribution < -0.4 is 14.8 Å². The molecule has 4 nitrogen and oxygen atoms in total. The fourth-order valence-corrected chi connectivity index (χ4v) is 2.47. The maximum absolute atomic E-state index is 11.9. The zero-order valence-corrected chi connectivity index (χ0v) is 14.4. The summed E-state index contributed by atoms with van der Waals surface area (Å²) in [6, 6.07) is 12.7. The van der Waals surface area contributed by atoms with Gasteiger partial charge in [0.25, 0.3) is 5.91 Å². The highest BCUT2D eigenvalue weighted by Crippen LogP contribution is 2.29. The molecular formula is C15H13Br2NO3. The largest absolute Gasteiger partial charge is 0.497 e. The Morgan fingerprint density at radius 2 is 1.90 bits per heavy atom. The first kappa shape index (κ1) is 15.9. The molecule has 110 valence electrons. The Morgan fingerprint density at radius 3 is 2.57 bits per heavy atom. The van der Waals surface area contributed by atoms with Gasteiger partial charge in [0, 0.05) is 4.47 Å². The third-order valence-corrected chi connectivity index (χ3v) is 3.96.